The molecule has 1 aromatic carbocycles. The van der Waals surface area contributed by atoms with Gasteiger partial charge in [-0.3, -0.25) is 9.36 Å². The highest BCUT2D eigenvalue weighted by Gasteiger charge is 2.50. The van der Waals surface area contributed by atoms with E-state index in [0.29, 0.717) is 4.88 Å². The number of carbonyl (C=O) groups is 1. The Morgan fingerprint density at radius 2 is 1.96 bits per heavy atom. The molecule has 0 bridgehead atoms. The molecule has 0 fully saturated rings. The molecule has 1 heterocycles. The Kier molecular flexibility index (Phi) is 5.81. The molecule has 0 saturated carbocycles. The Morgan fingerprint density at radius 1 is 1.29 bits per heavy atom. The number of carboxylic acid groups (broad SMARTS) is 1. The molecule has 3 atom stereocenters. The Hall–Kier alpha value is -1.68. The lowest BCUT2D eigenvalue weighted by Gasteiger charge is -2.34. The van der Waals surface area contributed by atoms with Crippen LogP contribution in [0.1, 0.15) is 24.3 Å². The first-order valence-corrected chi connectivity index (χ1v) is 10.4. The van der Waals surface area contributed by atoms with Crippen molar-refractivity contribution in [2.75, 3.05) is 0 Å². The number of rotatable bonds is 7. The molecule has 24 heavy (non-hydrogen) atoms. The number of aliphatic carboxylic acids is 1. The van der Waals surface area contributed by atoms with Crippen molar-refractivity contribution in [1.29, 1.82) is 0 Å². The minimum atomic E-state index is -3.82. The van der Waals surface area contributed by atoms with Crippen molar-refractivity contribution in [1.82, 2.24) is 0 Å². The topological polar surface area (TPSA) is 74.6 Å². The quantitative estimate of drug-likeness (QED) is 0.560. The number of thiophene rings is 1. The predicted octanol–water partition coefficient (Wildman–Crippen LogP) is 4.51. The molecule has 128 valence electrons. The number of benzene rings is 1. The second-order valence-corrected chi connectivity index (χ2v) is 9.19. The third-order valence-corrected chi connectivity index (χ3v) is 7.61. The zero-order valence-electron chi connectivity index (χ0n) is 13.6. The van der Waals surface area contributed by atoms with E-state index in [1.807, 2.05) is 6.07 Å². The third-order valence-electron chi connectivity index (χ3n) is 4.13. The Bertz CT molecular complexity index is 755. The van der Waals surface area contributed by atoms with Crippen LogP contribution in [0.15, 0.2) is 60.0 Å². The molecule has 2 rings (SSSR count). The molecule has 0 aliphatic carbocycles. The summed E-state index contributed by atoms with van der Waals surface area (Å²) >= 11 is 1.29. The summed E-state index contributed by atoms with van der Waals surface area (Å²) in [7, 11) is -3.82. The highest BCUT2D eigenvalue weighted by Crippen LogP contribution is 2.57. The standard InChI is InChI=1S/C18H21O4PS/c1-3-8-15(18(2,17(19)20)16-11-7-12-24-16)23(21,22)13-14-9-5-4-6-10-14/h3-12,15H,13H2,1-2H3,(H,19,20)(H,21,22). The third kappa shape index (κ3) is 3.69. The molecular weight excluding hydrogens is 343 g/mol. The van der Waals surface area contributed by atoms with E-state index in [9.17, 15) is 19.4 Å². The summed E-state index contributed by atoms with van der Waals surface area (Å²) in [6.45, 7) is 3.26. The van der Waals surface area contributed by atoms with E-state index in [0.717, 1.165) is 5.56 Å². The van der Waals surface area contributed by atoms with Crippen LogP contribution in [-0.4, -0.2) is 21.6 Å². The molecule has 0 aliphatic heterocycles. The van der Waals surface area contributed by atoms with Gasteiger partial charge in [0.25, 0.3) is 0 Å². The maximum absolute atomic E-state index is 13.2. The van der Waals surface area contributed by atoms with Crippen LogP contribution in [0.5, 0.6) is 0 Å². The number of hydrogen-bond donors (Lipinski definition) is 2. The molecule has 0 radical (unpaired) electrons. The van der Waals surface area contributed by atoms with Crippen LogP contribution >= 0.6 is 18.7 Å². The first kappa shape index (κ1) is 18.7. The van der Waals surface area contributed by atoms with E-state index in [1.165, 1.54) is 18.3 Å². The van der Waals surface area contributed by atoms with Crippen LogP contribution in [0.25, 0.3) is 0 Å². The number of hydrogen-bond acceptors (Lipinski definition) is 3. The van der Waals surface area contributed by atoms with Crippen molar-refractivity contribution >= 4 is 24.7 Å². The van der Waals surface area contributed by atoms with Gasteiger partial charge in [0.15, 0.2) is 0 Å². The fourth-order valence-corrected chi connectivity index (χ4v) is 6.24. The maximum Gasteiger partial charge on any atom is 0.315 e. The van der Waals surface area contributed by atoms with Crippen molar-refractivity contribution in [3.63, 3.8) is 0 Å². The van der Waals surface area contributed by atoms with Gasteiger partial charge in [-0.25, -0.2) is 0 Å². The van der Waals surface area contributed by atoms with Gasteiger partial charge in [0.05, 0.1) is 11.8 Å². The summed E-state index contributed by atoms with van der Waals surface area (Å²) in [4.78, 5) is 23.4. The Balaban J connectivity index is 2.50. The van der Waals surface area contributed by atoms with Crippen LogP contribution in [0.2, 0.25) is 0 Å². The van der Waals surface area contributed by atoms with Crippen LogP contribution in [0, 0.1) is 0 Å². The summed E-state index contributed by atoms with van der Waals surface area (Å²) in [6.07, 6.45) is 3.14. The van der Waals surface area contributed by atoms with Crippen molar-refractivity contribution in [2.24, 2.45) is 0 Å². The number of carboxylic acids is 1. The first-order chi connectivity index (χ1) is 11.3. The lowest BCUT2D eigenvalue weighted by atomic mass is 9.84. The van der Waals surface area contributed by atoms with Crippen molar-refractivity contribution < 1.29 is 19.4 Å². The van der Waals surface area contributed by atoms with Crippen molar-refractivity contribution in [3.8, 4) is 0 Å². The summed E-state index contributed by atoms with van der Waals surface area (Å²) in [5, 5.41) is 11.7. The van der Waals surface area contributed by atoms with E-state index in [2.05, 4.69) is 0 Å². The van der Waals surface area contributed by atoms with Crippen molar-refractivity contribution in [2.45, 2.75) is 31.1 Å². The van der Waals surface area contributed by atoms with Crippen LogP contribution in [-0.2, 0) is 20.9 Å². The lowest BCUT2D eigenvalue weighted by Crippen LogP contribution is -2.42. The molecule has 6 heteroatoms. The molecule has 2 N–H and O–H groups in total. The maximum atomic E-state index is 13.2. The second kappa shape index (κ2) is 7.47. The number of allylic oxidation sites excluding steroid dienone is 2. The summed E-state index contributed by atoms with van der Waals surface area (Å²) in [5.74, 6) is -1.10. The highest BCUT2D eigenvalue weighted by atomic mass is 32.1. The van der Waals surface area contributed by atoms with E-state index < -0.39 is 24.4 Å². The monoisotopic (exact) mass is 364 g/mol. The van der Waals surface area contributed by atoms with Gasteiger partial charge in [0, 0.05) is 4.88 Å². The molecular formula is C18H21O4PS. The van der Waals surface area contributed by atoms with Gasteiger partial charge < -0.3 is 10.00 Å². The molecule has 3 unspecified atom stereocenters. The lowest BCUT2D eigenvalue weighted by molar-refractivity contribution is -0.142. The average molecular weight is 364 g/mol. The molecule has 0 spiro atoms. The van der Waals surface area contributed by atoms with E-state index in [4.69, 9.17) is 0 Å². The Labute approximate surface area is 145 Å². The smallest absolute Gasteiger partial charge is 0.315 e. The van der Waals surface area contributed by atoms with Gasteiger partial charge in [-0.1, -0.05) is 48.6 Å². The second-order valence-electron chi connectivity index (χ2n) is 5.85. The first-order valence-electron chi connectivity index (χ1n) is 7.58. The molecule has 0 saturated heterocycles. The average Bonchev–Trinajstić information content (AvgIpc) is 3.07. The molecule has 0 amide bonds. The molecule has 4 nitrogen and oxygen atoms in total. The fourth-order valence-electron chi connectivity index (χ4n) is 2.81. The molecule has 0 aliphatic rings. The minimum Gasteiger partial charge on any atom is -0.481 e. The van der Waals surface area contributed by atoms with Gasteiger partial charge >= 0.3 is 5.97 Å². The van der Waals surface area contributed by atoms with Gasteiger partial charge in [-0.15, -0.1) is 11.3 Å². The largest absolute Gasteiger partial charge is 0.481 e. The van der Waals surface area contributed by atoms with E-state index in [1.54, 1.807) is 60.9 Å². The van der Waals surface area contributed by atoms with Crippen molar-refractivity contribution in [3.05, 3.63) is 70.4 Å². The van der Waals surface area contributed by atoms with Crippen LogP contribution in [0.3, 0.4) is 0 Å². The fraction of sp³-hybridized carbons (Fsp3) is 0.278. The Morgan fingerprint density at radius 3 is 2.46 bits per heavy atom. The van der Waals surface area contributed by atoms with Gasteiger partial charge in [-0.05, 0) is 30.9 Å². The zero-order chi connectivity index (χ0) is 17.8. The summed E-state index contributed by atoms with van der Waals surface area (Å²) in [6, 6.07) is 12.5. The van der Waals surface area contributed by atoms with Crippen LogP contribution in [0.4, 0.5) is 0 Å². The normalized spacial score (nSPS) is 18.0. The van der Waals surface area contributed by atoms with Gasteiger partial charge in [0.1, 0.15) is 5.41 Å². The van der Waals surface area contributed by atoms with Crippen LogP contribution < -0.4 is 0 Å². The molecule has 1 aromatic heterocycles. The predicted molar refractivity (Wildman–Crippen MR) is 97.9 cm³/mol. The minimum absolute atomic E-state index is 0.0584. The summed E-state index contributed by atoms with van der Waals surface area (Å²) in [5.41, 5.74) is -1.75. The van der Waals surface area contributed by atoms with Gasteiger partial charge in [-0.2, -0.15) is 0 Å². The summed E-state index contributed by atoms with van der Waals surface area (Å²) < 4.78 is 13.2. The highest BCUT2D eigenvalue weighted by molar-refractivity contribution is 7.58. The van der Waals surface area contributed by atoms with Gasteiger partial charge in [0.2, 0.25) is 7.37 Å². The van der Waals surface area contributed by atoms with E-state index >= 15 is 0 Å². The SMILES string of the molecule is CC=CC(C(C)(C(=O)O)c1cccs1)P(=O)(O)Cc1ccccc1. The zero-order valence-corrected chi connectivity index (χ0v) is 15.3. The van der Waals surface area contributed by atoms with E-state index in [-0.39, 0.29) is 6.16 Å². The molecule has 2 aromatic rings.